The summed E-state index contributed by atoms with van der Waals surface area (Å²) in [6.45, 7) is 5.13. The van der Waals surface area contributed by atoms with Crippen molar-refractivity contribution in [2.45, 2.75) is 33.1 Å². The van der Waals surface area contributed by atoms with Gasteiger partial charge in [-0.25, -0.2) is 0 Å². The molecular formula is C19H23ClN2O. The van der Waals surface area contributed by atoms with Gasteiger partial charge >= 0.3 is 0 Å². The Morgan fingerprint density at radius 2 is 2.00 bits per heavy atom. The Bertz CT molecular complexity index is 713. The number of aryl methyl sites for hydroxylation is 3. The van der Waals surface area contributed by atoms with Gasteiger partial charge in [0.1, 0.15) is 0 Å². The molecule has 0 saturated heterocycles. The fourth-order valence-electron chi connectivity index (χ4n) is 2.92. The first-order chi connectivity index (χ1) is 10.6. The smallest absolute Gasteiger partial charge is 0.228 e. The Labute approximate surface area is 143 Å². The first-order valence-electron chi connectivity index (χ1n) is 7.84. The van der Waals surface area contributed by atoms with Crippen LogP contribution in [0.15, 0.2) is 36.4 Å². The van der Waals surface area contributed by atoms with E-state index in [1.165, 1.54) is 16.8 Å². The summed E-state index contributed by atoms with van der Waals surface area (Å²) in [5, 5.41) is 6.40. The summed E-state index contributed by atoms with van der Waals surface area (Å²) in [6.07, 6.45) is 2.64. The zero-order chi connectivity index (χ0) is 15.5. The second-order valence-electron chi connectivity index (χ2n) is 6.06. The summed E-state index contributed by atoms with van der Waals surface area (Å²) < 4.78 is 0. The van der Waals surface area contributed by atoms with Crippen LogP contribution in [0.25, 0.3) is 0 Å². The Hall–Kier alpha value is -2.00. The number of carbonyl (C=O) groups excluding carboxylic acids is 1. The lowest BCUT2D eigenvalue weighted by atomic mass is 10.0. The molecule has 0 spiro atoms. The van der Waals surface area contributed by atoms with E-state index < -0.39 is 0 Å². The highest BCUT2D eigenvalue weighted by atomic mass is 35.5. The molecule has 0 atom stereocenters. The Kier molecular flexibility index (Phi) is 5.67. The van der Waals surface area contributed by atoms with Gasteiger partial charge in [0.2, 0.25) is 5.91 Å². The highest BCUT2D eigenvalue weighted by Gasteiger charge is 2.11. The van der Waals surface area contributed by atoms with Crippen molar-refractivity contribution in [2.75, 3.05) is 17.2 Å². The molecule has 1 amide bonds. The van der Waals surface area contributed by atoms with Gasteiger partial charge in [-0.2, -0.15) is 0 Å². The molecule has 1 aliphatic heterocycles. The molecule has 0 saturated carbocycles. The van der Waals surface area contributed by atoms with E-state index in [-0.39, 0.29) is 18.3 Å². The molecule has 0 unspecified atom stereocenters. The lowest BCUT2D eigenvalue weighted by molar-refractivity contribution is -0.115. The summed E-state index contributed by atoms with van der Waals surface area (Å²) in [5.74, 6) is 0.0393. The summed E-state index contributed by atoms with van der Waals surface area (Å²) in [7, 11) is 0. The molecule has 2 aromatic carbocycles. The van der Waals surface area contributed by atoms with Crippen molar-refractivity contribution in [1.82, 2.24) is 0 Å². The van der Waals surface area contributed by atoms with Gasteiger partial charge < -0.3 is 10.6 Å². The van der Waals surface area contributed by atoms with E-state index in [1.54, 1.807) is 0 Å². The number of amides is 1. The molecule has 3 rings (SSSR count). The van der Waals surface area contributed by atoms with Crippen LogP contribution in [0.3, 0.4) is 0 Å². The van der Waals surface area contributed by atoms with E-state index in [1.807, 2.05) is 13.0 Å². The van der Waals surface area contributed by atoms with Gasteiger partial charge in [0, 0.05) is 17.9 Å². The molecule has 1 aliphatic rings. The molecule has 2 aromatic rings. The van der Waals surface area contributed by atoms with Crippen LogP contribution in [-0.4, -0.2) is 12.5 Å². The van der Waals surface area contributed by atoms with Crippen LogP contribution in [0.5, 0.6) is 0 Å². The molecule has 122 valence electrons. The average Bonchev–Trinajstić information content (AvgIpc) is 2.51. The minimum Gasteiger partial charge on any atom is -0.385 e. The van der Waals surface area contributed by atoms with Crippen LogP contribution in [0, 0.1) is 13.8 Å². The van der Waals surface area contributed by atoms with Crippen LogP contribution in [0.4, 0.5) is 11.4 Å². The molecule has 0 aliphatic carbocycles. The van der Waals surface area contributed by atoms with E-state index in [9.17, 15) is 4.79 Å². The normalized spacial score (nSPS) is 12.6. The molecule has 4 heteroatoms. The zero-order valence-electron chi connectivity index (χ0n) is 13.6. The van der Waals surface area contributed by atoms with Crippen LogP contribution >= 0.6 is 12.4 Å². The maximum absolute atomic E-state index is 12.3. The number of benzene rings is 2. The number of halogens is 1. The number of carbonyl (C=O) groups is 1. The van der Waals surface area contributed by atoms with Crippen LogP contribution < -0.4 is 10.6 Å². The standard InChI is InChI=1S/C19H22N2O.ClH/c1-13-5-6-14(2)16(10-13)12-19(22)21-17-7-8-18-15(11-17)4-3-9-20-18;/h5-8,10-11,20H,3-4,9,12H2,1-2H3,(H,21,22);1H. The topological polar surface area (TPSA) is 41.1 Å². The highest BCUT2D eigenvalue weighted by molar-refractivity contribution is 5.92. The van der Waals surface area contributed by atoms with Crippen LogP contribution in [0.2, 0.25) is 0 Å². The van der Waals surface area contributed by atoms with E-state index in [4.69, 9.17) is 0 Å². The fraction of sp³-hybridized carbons (Fsp3) is 0.316. The third kappa shape index (κ3) is 4.26. The molecule has 0 bridgehead atoms. The van der Waals surface area contributed by atoms with Crippen molar-refractivity contribution < 1.29 is 4.79 Å². The number of rotatable bonds is 3. The van der Waals surface area contributed by atoms with Crippen molar-refractivity contribution >= 4 is 29.7 Å². The SMILES string of the molecule is Cc1ccc(C)c(CC(=O)Nc2ccc3c(c2)CCCN3)c1.Cl. The predicted molar refractivity (Wildman–Crippen MR) is 98.8 cm³/mol. The Morgan fingerprint density at radius 1 is 1.17 bits per heavy atom. The predicted octanol–water partition coefficient (Wildman–Crippen LogP) is 4.26. The van der Waals surface area contributed by atoms with Gasteiger partial charge in [-0.05, 0) is 61.6 Å². The molecule has 3 nitrogen and oxygen atoms in total. The van der Waals surface area contributed by atoms with Crippen molar-refractivity contribution in [3.63, 3.8) is 0 Å². The van der Waals surface area contributed by atoms with E-state index in [0.29, 0.717) is 6.42 Å². The monoisotopic (exact) mass is 330 g/mol. The Balaban J connectivity index is 0.00000192. The summed E-state index contributed by atoms with van der Waals surface area (Å²) in [6, 6.07) is 12.4. The van der Waals surface area contributed by atoms with Crippen LogP contribution in [-0.2, 0) is 17.6 Å². The third-order valence-corrected chi connectivity index (χ3v) is 4.18. The highest BCUT2D eigenvalue weighted by Crippen LogP contribution is 2.25. The van der Waals surface area contributed by atoms with E-state index in [0.717, 1.165) is 36.2 Å². The van der Waals surface area contributed by atoms with Crippen LogP contribution in [0.1, 0.15) is 28.7 Å². The third-order valence-electron chi connectivity index (χ3n) is 4.18. The number of hydrogen-bond acceptors (Lipinski definition) is 2. The van der Waals surface area contributed by atoms with Gasteiger partial charge in [0.05, 0.1) is 6.42 Å². The molecule has 0 aromatic heterocycles. The summed E-state index contributed by atoms with van der Waals surface area (Å²) in [4.78, 5) is 12.3. The number of fused-ring (bicyclic) bond motifs is 1. The number of hydrogen-bond donors (Lipinski definition) is 2. The van der Waals surface area contributed by atoms with Gasteiger partial charge in [0.15, 0.2) is 0 Å². The number of nitrogens with one attached hydrogen (secondary N) is 2. The molecular weight excluding hydrogens is 308 g/mol. The average molecular weight is 331 g/mol. The quantitative estimate of drug-likeness (QED) is 0.882. The van der Waals surface area contributed by atoms with Crippen molar-refractivity contribution in [1.29, 1.82) is 0 Å². The first-order valence-corrected chi connectivity index (χ1v) is 7.84. The van der Waals surface area contributed by atoms with Crippen molar-refractivity contribution in [2.24, 2.45) is 0 Å². The van der Waals surface area contributed by atoms with Gasteiger partial charge in [0.25, 0.3) is 0 Å². The lowest BCUT2D eigenvalue weighted by Gasteiger charge is -2.19. The lowest BCUT2D eigenvalue weighted by Crippen LogP contribution is -2.16. The molecule has 1 heterocycles. The van der Waals surface area contributed by atoms with E-state index in [2.05, 4.69) is 47.9 Å². The van der Waals surface area contributed by atoms with Gasteiger partial charge in [-0.1, -0.05) is 23.8 Å². The molecule has 23 heavy (non-hydrogen) atoms. The van der Waals surface area contributed by atoms with Gasteiger partial charge in [-0.3, -0.25) is 4.79 Å². The number of anilines is 2. The Morgan fingerprint density at radius 3 is 2.83 bits per heavy atom. The van der Waals surface area contributed by atoms with Gasteiger partial charge in [-0.15, -0.1) is 12.4 Å². The second-order valence-corrected chi connectivity index (χ2v) is 6.06. The summed E-state index contributed by atoms with van der Waals surface area (Å²) >= 11 is 0. The minimum atomic E-state index is 0. The molecule has 0 fully saturated rings. The maximum Gasteiger partial charge on any atom is 0.228 e. The van der Waals surface area contributed by atoms with E-state index >= 15 is 0 Å². The maximum atomic E-state index is 12.3. The first kappa shape index (κ1) is 17.4. The van der Waals surface area contributed by atoms with Crippen molar-refractivity contribution in [3.8, 4) is 0 Å². The fourth-order valence-corrected chi connectivity index (χ4v) is 2.92. The molecule has 2 N–H and O–H groups in total. The summed E-state index contributed by atoms with van der Waals surface area (Å²) in [5.41, 5.74) is 6.81. The minimum absolute atomic E-state index is 0. The second kappa shape index (κ2) is 7.51. The largest absolute Gasteiger partial charge is 0.385 e. The zero-order valence-corrected chi connectivity index (χ0v) is 14.4. The molecule has 0 radical (unpaired) electrons. The van der Waals surface area contributed by atoms with Crippen molar-refractivity contribution in [3.05, 3.63) is 58.7 Å².